The highest BCUT2D eigenvalue weighted by molar-refractivity contribution is 8.00. The molecule has 4 nitrogen and oxygen atoms in total. The molecule has 1 N–H and O–H groups in total. The molecule has 116 valence electrons. The number of hydrogen-bond donors (Lipinski definition) is 1. The minimum absolute atomic E-state index is 0.124. The molecule has 0 saturated carbocycles. The number of nitrogens with one attached hydrogen (secondary N) is 1. The standard InChI is InChI=1S/C17H15N3OS2/c1-12-9-16(14-6-2-3-7-15(14)19-12)23-11-17(21)20-18-10-13-5-4-8-22-13/h2-10H,11H2,1H3,(H,20,21)/b18-10-. The van der Waals surface area contributed by atoms with Crippen molar-refractivity contribution in [2.24, 2.45) is 5.10 Å². The molecule has 0 aliphatic rings. The van der Waals surface area contributed by atoms with E-state index in [1.807, 2.05) is 54.8 Å². The lowest BCUT2D eigenvalue weighted by atomic mass is 10.2. The molecule has 0 fully saturated rings. The maximum Gasteiger partial charge on any atom is 0.250 e. The lowest BCUT2D eigenvalue weighted by Crippen LogP contribution is -2.19. The van der Waals surface area contributed by atoms with Crippen LogP contribution in [-0.4, -0.2) is 22.9 Å². The van der Waals surface area contributed by atoms with Crippen molar-refractivity contribution in [3.05, 3.63) is 58.4 Å². The third-order valence-electron chi connectivity index (χ3n) is 3.09. The van der Waals surface area contributed by atoms with Crippen molar-refractivity contribution in [1.29, 1.82) is 0 Å². The zero-order chi connectivity index (χ0) is 16.1. The second-order valence-electron chi connectivity index (χ2n) is 4.88. The number of aromatic nitrogens is 1. The van der Waals surface area contributed by atoms with E-state index >= 15 is 0 Å². The lowest BCUT2D eigenvalue weighted by Gasteiger charge is -2.07. The summed E-state index contributed by atoms with van der Waals surface area (Å²) in [5, 5.41) is 7.00. The first-order chi connectivity index (χ1) is 11.2. The molecular formula is C17H15N3OS2. The van der Waals surface area contributed by atoms with Crippen LogP contribution in [-0.2, 0) is 4.79 Å². The monoisotopic (exact) mass is 341 g/mol. The van der Waals surface area contributed by atoms with Gasteiger partial charge >= 0.3 is 0 Å². The van der Waals surface area contributed by atoms with E-state index in [1.165, 1.54) is 11.8 Å². The van der Waals surface area contributed by atoms with Crippen molar-refractivity contribution in [3.63, 3.8) is 0 Å². The van der Waals surface area contributed by atoms with Crippen LogP contribution in [0.3, 0.4) is 0 Å². The summed E-state index contributed by atoms with van der Waals surface area (Å²) >= 11 is 3.07. The number of rotatable bonds is 5. The van der Waals surface area contributed by atoms with Crippen molar-refractivity contribution in [1.82, 2.24) is 10.4 Å². The molecule has 0 radical (unpaired) electrons. The second kappa shape index (κ2) is 7.39. The summed E-state index contributed by atoms with van der Waals surface area (Å²) in [6.45, 7) is 1.96. The third kappa shape index (κ3) is 4.18. The molecule has 23 heavy (non-hydrogen) atoms. The summed E-state index contributed by atoms with van der Waals surface area (Å²) in [5.41, 5.74) is 4.45. The lowest BCUT2D eigenvalue weighted by molar-refractivity contribution is -0.118. The van der Waals surface area contributed by atoms with Crippen LogP contribution < -0.4 is 5.43 Å². The van der Waals surface area contributed by atoms with Gasteiger partial charge in [0.1, 0.15) is 0 Å². The molecule has 0 saturated heterocycles. The van der Waals surface area contributed by atoms with Crippen LogP contribution in [0.2, 0.25) is 0 Å². The summed E-state index contributed by atoms with van der Waals surface area (Å²) < 4.78 is 0. The SMILES string of the molecule is Cc1cc(SCC(=O)N/N=C\c2cccs2)c2ccccc2n1. The first kappa shape index (κ1) is 15.7. The van der Waals surface area contributed by atoms with Gasteiger partial charge in [-0.15, -0.1) is 23.1 Å². The van der Waals surface area contributed by atoms with Gasteiger partial charge < -0.3 is 0 Å². The van der Waals surface area contributed by atoms with Crippen molar-refractivity contribution in [3.8, 4) is 0 Å². The summed E-state index contributed by atoms with van der Waals surface area (Å²) in [7, 11) is 0. The molecule has 6 heteroatoms. The maximum absolute atomic E-state index is 11.9. The number of amides is 1. The first-order valence-electron chi connectivity index (χ1n) is 7.07. The number of hydrazone groups is 1. The quantitative estimate of drug-likeness (QED) is 0.436. The van der Waals surface area contributed by atoms with E-state index in [4.69, 9.17) is 0 Å². The molecule has 3 aromatic rings. The van der Waals surface area contributed by atoms with Gasteiger partial charge in [0.25, 0.3) is 0 Å². The van der Waals surface area contributed by atoms with Gasteiger partial charge in [-0.3, -0.25) is 9.78 Å². The second-order valence-corrected chi connectivity index (χ2v) is 6.87. The van der Waals surface area contributed by atoms with Crippen LogP contribution in [0.4, 0.5) is 0 Å². The van der Waals surface area contributed by atoms with Crippen LogP contribution in [0.5, 0.6) is 0 Å². The number of pyridine rings is 1. The van der Waals surface area contributed by atoms with Gasteiger partial charge in [-0.1, -0.05) is 24.3 Å². The predicted octanol–water partition coefficient (Wildman–Crippen LogP) is 3.85. The smallest absolute Gasteiger partial charge is 0.250 e. The Morgan fingerprint density at radius 3 is 3.04 bits per heavy atom. The highest BCUT2D eigenvalue weighted by Crippen LogP contribution is 2.27. The topological polar surface area (TPSA) is 54.4 Å². The summed E-state index contributed by atoms with van der Waals surface area (Å²) in [6.07, 6.45) is 1.65. The van der Waals surface area contributed by atoms with Gasteiger partial charge in [0.15, 0.2) is 0 Å². The summed E-state index contributed by atoms with van der Waals surface area (Å²) in [4.78, 5) is 18.5. The Kier molecular flexibility index (Phi) is 5.05. The molecular weight excluding hydrogens is 326 g/mol. The van der Waals surface area contributed by atoms with Crippen LogP contribution in [0.15, 0.2) is 57.8 Å². The van der Waals surface area contributed by atoms with Crippen molar-refractivity contribution >= 4 is 46.1 Å². The average Bonchev–Trinajstić information content (AvgIpc) is 3.06. The van der Waals surface area contributed by atoms with E-state index in [0.717, 1.165) is 26.4 Å². The van der Waals surface area contributed by atoms with E-state index < -0.39 is 0 Å². The predicted molar refractivity (Wildman–Crippen MR) is 97.3 cm³/mol. The maximum atomic E-state index is 11.9. The molecule has 1 aromatic carbocycles. The largest absolute Gasteiger partial charge is 0.272 e. The Morgan fingerprint density at radius 2 is 2.22 bits per heavy atom. The van der Waals surface area contributed by atoms with Crippen LogP contribution in [0.25, 0.3) is 10.9 Å². The Morgan fingerprint density at radius 1 is 1.35 bits per heavy atom. The van der Waals surface area contributed by atoms with E-state index in [0.29, 0.717) is 5.75 Å². The van der Waals surface area contributed by atoms with Gasteiger partial charge in [0, 0.05) is 20.9 Å². The molecule has 0 bridgehead atoms. The third-order valence-corrected chi connectivity index (χ3v) is 4.95. The number of thiophene rings is 1. The van der Waals surface area contributed by atoms with Crippen LogP contribution in [0.1, 0.15) is 10.6 Å². The van der Waals surface area contributed by atoms with Crippen LogP contribution in [0, 0.1) is 6.92 Å². The molecule has 0 spiro atoms. The Hall–Kier alpha value is -2.18. The number of nitrogens with zero attached hydrogens (tertiary/aromatic N) is 2. The van der Waals surface area contributed by atoms with E-state index in [2.05, 4.69) is 15.5 Å². The van der Waals surface area contributed by atoms with Crippen molar-refractivity contribution in [2.75, 3.05) is 5.75 Å². The number of hydrogen-bond acceptors (Lipinski definition) is 5. The van der Waals surface area contributed by atoms with Crippen molar-refractivity contribution < 1.29 is 4.79 Å². The number of carbonyl (C=O) groups excluding carboxylic acids is 1. The average molecular weight is 341 g/mol. The summed E-state index contributed by atoms with van der Waals surface area (Å²) in [6, 6.07) is 13.9. The summed E-state index contributed by atoms with van der Waals surface area (Å²) in [5.74, 6) is 0.191. The number of carbonyl (C=O) groups is 1. The number of benzene rings is 1. The van der Waals surface area contributed by atoms with Gasteiger partial charge in [0.2, 0.25) is 5.91 Å². The minimum atomic E-state index is -0.124. The molecule has 2 aromatic heterocycles. The van der Waals surface area contributed by atoms with E-state index in [1.54, 1.807) is 17.6 Å². The fourth-order valence-electron chi connectivity index (χ4n) is 2.10. The first-order valence-corrected chi connectivity index (χ1v) is 8.93. The number of aryl methyl sites for hydroxylation is 1. The number of fused-ring (bicyclic) bond motifs is 1. The van der Waals surface area contributed by atoms with Gasteiger partial charge in [-0.05, 0) is 30.5 Å². The van der Waals surface area contributed by atoms with E-state index in [9.17, 15) is 4.79 Å². The fraction of sp³-hybridized carbons (Fsp3) is 0.118. The number of para-hydroxylation sites is 1. The van der Waals surface area contributed by atoms with Gasteiger partial charge in [-0.2, -0.15) is 5.10 Å². The Bertz CT molecular complexity index is 844. The zero-order valence-electron chi connectivity index (χ0n) is 12.5. The van der Waals surface area contributed by atoms with Gasteiger partial charge in [-0.25, -0.2) is 5.43 Å². The van der Waals surface area contributed by atoms with Gasteiger partial charge in [0.05, 0.1) is 17.5 Å². The Labute approximate surface area is 142 Å². The molecule has 0 aliphatic heterocycles. The Balaban J connectivity index is 1.63. The molecule has 1 amide bonds. The highest BCUT2D eigenvalue weighted by atomic mass is 32.2. The highest BCUT2D eigenvalue weighted by Gasteiger charge is 2.07. The molecule has 2 heterocycles. The molecule has 0 unspecified atom stereocenters. The molecule has 0 aliphatic carbocycles. The zero-order valence-corrected chi connectivity index (χ0v) is 14.2. The van der Waals surface area contributed by atoms with Crippen LogP contribution >= 0.6 is 23.1 Å². The fourth-order valence-corrected chi connectivity index (χ4v) is 3.61. The normalized spacial score (nSPS) is 11.2. The van der Waals surface area contributed by atoms with Crippen molar-refractivity contribution in [2.45, 2.75) is 11.8 Å². The van der Waals surface area contributed by atoms with E-state index in [-0.39, 0.29) is 5.91 Å². The number of thioether (sulfide) groups is 1. The molecule has 0 atom stereocenters. The molecule has 3 rings (SSSR count). The minimum Gasteiger partial charge on any atom is -0.272 e.